The van der Waals surface area contributed by atoms with Gasteiger partial charge in [0.2, 0.25) is 5.91 Å². The molecule has 0 heterocycles. The minimum atomic E-state index is -0.496. The van der Waals surface area contributed by atoms with Gasteiger partial charge in [0.15, 0.2) is 0 Å². The summed E-state index contributed by atoms with van der Waals surface area (Å²) < 4.78 is 13.2. The van der Waals surface area contributed by atoms with Gasteiger partial charge < -0.3 is 5.73 Å². The molecule has 0 radical (unpaired) electrons. The molecule has 0 bridgehead atoms. The molecule has 2 nitrogen and oxygen atoms in total. The first-order valence-electron chi connectivity index (χ1n) is 5.39. The molecule has 0 aromatic heterocycles. The van der Waals surface area contributed by atoms with Gasteiger partial charge in [0, 0.05) is 5.02 Å². The van der Waals surface area contributed by atoms with E-state index in [-0.39, 0.29) is 6.42 Å². The van der Waals surface area contributed by atoms with Crippen LogP contribution < -0.4 is 5.73 Å². The lowest BCUT2D eigenvalue weighted by molar-refractivity contribution is -0.117. The molecule has 0 saturated heterocycles. The minimum Gasteiger partial charge on any atom is -0.369 e. The summed E-state index contributed by atoms with van der Waals surface area (Å²) in [4.78, 5) is 11.0. The van der Waals surface area contributed by atoms with E-state index in [1.54, 1.807) is 24.3 Å². The summed E-state index contributed by atoms with van der Waals surface area (Å²) in [5.41, 5.74) is 7.32. The predicted molar refractivity (Wildman–Crippen MR) is 69.7 cm³/mol. The molecule has 0 saturated carbocycles. The zero-order valence-corrected chi connectivity index (χ0v) is 10.2. The Bertz CT molecular complexity index is 598. The van der Waals surface area contributed by atoms with Crippen LogP contribution in [0.25, 0.3) is 11.1 Å². The SMILES string of the molecule is NC(=O)Cc1cc(F)ccc1-c1cccc(Cl)c1. The van der Waals surface area contributed by atoms with Gasteiger partial charge in [-0.25, -0.2) is 4.39 Å². The van der Waals surface area contributed by atoms with Gasteiger partial charge in [-0.15, -0.1) is 0 Å². The summed E-state index contributed by atoms with van der Waals surface area (Å²) in [6, 6.07) is 11.5. The van der Waals surface area contributed by atoms with E-state index in [9.17, 15) is 9.18 Å². The molecular weight excluding hydrogens is 253 g/mol. The zero-order valence-electron chi connectivity index (χ0n) is 9.49. The molecule has 92 valence electrons. The molecule has 2 aromatic carbocycles. The minimum absolute atomic E-state index is 0.000390. The van der Waals surface area contributed by atoms with E-state index in [1.165, 1.54) is 12.1 Å². The molecule has 0 aliphatic carbocycles. The van der Waals surface area contributed by atoms with Crippen LogP contribution in [-0.2, 0) is 11.2 Å². The topological polar surface area (TPSA) is 43.1 Å². The van der Waals surface area contributed by atoms with Gasteiger partial charge in [-0.05, 0) is 41.0 Å². The number of rotatable bonds is 3. The molecule has 0 atom stereocenters. The first-order chi connectivity index (χ1) is 8.56. The third-order valence-corrected chi connectivity index (χ3v) is 2.80. The van der Waals surface area contributed by atoms with Crippen molar-refractivity contribution in [1.82, 2.24) is 0 Å². The number of benzene rings is 2. The van der Waals surface area contributed by atoms with Gasteiger partial charge in [0.1, 0.15) is 5.82 Å². The summed E-state index contributed by atoms with van der Waals surface area (Å²) in [5, 5.41) is 0.585. The van der Waals surface area contributed by atoms with Crippen molar-refractivity contribution in [2.75, 3.05) is 0 Å². The van der Waals surface area contributed by atoms with Crippen LogP contribution in [0, 0.1) is 5.82 Å². The number of halogens is 2. The molecule has 0 spiro atoms. The van der Waals surface area contributed by atoms with Gasteiger partial charge >= 0.3 is 0 Å². The zero-order chi connectivity index (χ0) is 13.1. The van der Waals surface area contributed by atoms with E-state index < -0.39 is 11.7 Å². The first kappa shape index (κ1) is 12.6. The highest BCUT2D eigenvalue weighted by molar-refractivity contribution is 6.30. The van der Waals surface area contributed by atoms with Crippen LogP contribution in [0.3, 0.4) is 0 Å². The number of hydrogen-bond acceptors (Lipinski definition) is 1. The van der Waals surface area contributed by atoms with Crippen molar-refractivity contribution in [2.24, 2.45) is 5.73 Å². The van der Waals surface area contributed by atoms with E-state index in [2.05, 4.69) is 0 Å². The summed E-state index contributed by atoms with van der Waals surface area (Å²) >= 11 is 5.92. The average molecular weight is 264 g/mol. The number of amides is 1. The summed E-state index contributed by atoms with van der Waals surface area (Å²) in [7, 11) is 0. The van der Waals surface area contributed by atoms with E-state index in [1.807, 2.05) is 6.07 Å². The second kappa shape index (κ2) is 5.19. The molecule has 0 aliphatic heterocycles. The third-order valence-electron chi connectivity index (χ3n) is 2.57. The van der Waals surface area contributed by atoms with Crippen LogP contribution in [-0.4, -0.2) is 5.91 Å². The Labute approximate surface area is 109 Å². The Morgan fingerprint density at radius 1 is 1.22 bits per heavy atom. The molecular formula is C14H11ClFNO. The van der Waals surface area contributed by atoms with Gasteiger partial charge in [-0.3, -0.25) is 4.79 Å². The highest BCUT2D eigenvalue weighted by Crippen LogP contribution is 2.27. The number of carbonyl (C=O) groups is 1. The third kappa shape index (κ3) is 2.87. The van der Waals surface area contributed by atoms with E-state index in [0.29, 0.717) is 10.6 Å². The Morgan fingerprint density at radius 3 is 2.67 bits per heavy atom. The van der Waals surface area contributed by atoms with Crippen LogP contribution in [0.1, 0.15) is 5.56 Å². The Balaban J connectivity index is 2.52. The highest BCUT2D eigenvalue weighted by Gasteiger charge is 2.09. The fourth-order valence-electron chi connectivity index (χ4n) is 1.83. The van der Waals surface area contributed by atoms with E-state index >= 15 is 0 Å². The maximum absolute atomic E-state index is 13.2. The van der Waals surface area contributed by atoms with Crippen LogP contribution in [0.15, 0.2) is 42.5 Å². The van der Waals surface area contributed by atoms with Crippen molar-refractivity contribution in [3.63, 3.8) is 0 Å². The standard InChI is InChI=1S/C14H11ClFNO/c15-11-3-1-2-9(6-11)13-5-4-12(16)7-10(13)8-14(17)18/h1-7H,8H2,(H2,17,18). The molecule has 2 rings (SSSR count). The Morgan fingerprint density at radius 2 is 2.00 bits per heavy atom. The van der Waals surface area contributed by atoms with Crippen molar-refractivity contribution >= 4 is 17.5 Å². The van der Waals surface area contributed by atoms with Crippen molar-refractivity contribution in [1.29, 1.82) is 0 Å². The van der Waals surface area contributed by atoms with Crippen molar-refractivity contribution < 1.29 is 9.18 Å². The lowest BCUT2D eigenvalue weighted by Crippen LogP contribution is -2.14. The maximum Gasteiger partial charge on any atom is 0.221 e. The highest BCUT2D eigenvalue weighted by atomic mass is 35.5. The summed E-state index contributed by atoms with van der Waals surface area (Å²) in [6.07, 6.45) is -0.000390. The lowest BCUT2D eigenvalue weighted by atomic mass is 9.97. The van der Waals surface area contributed by atoms with E-state index in [4.69, 9.17) is 17.3 Å². The molecule has 2 aromatic rings. The van der Waals surface area contributed by atoms with Crippen LogP contribution in [0.5, 0.6) is 0 Å². The predicted octanol–water partition coefficient (Wildman–Crippen LogP) is 3.17. The van der Waals surface area contributed by atoms with Crippen molar-refractivity contribution in [2.45, 2.75) is 6.42 Å². The van der Waals surface area contributed by atoms with Gasteiger partial charge in [-0.1, -0.05) is 29.8 Å². The van der Waals surface area contributed by atoms with Crippen LogP contribution in [0.2, 0.25) is 5.02 Å². The molecule has 1 amide bonds. The summed E-state index contributed by atoms with van der Waals surface area (Å²) in [6.45, 7) is 0. The summed E-state index contributed by atoms with van der Waals surface area (Å²) in [5.74, 6) is -0.888. The van der Waals surface area contributed by atoms with Crippen LogP contribution in [0.4, 0.5) is 4.39 Å². The van der Waals surface area contributed by atoms with Gasteiger partial charge in [0.05, 0.1) is 6.42 Å². The first-order valence-corrected chi connectivity index (χ1v) is 5.77. The van der Waals surface area contributed by atoms with Crippen molar-refractivity contribution in [3.8, 4) is 11.1 Å². The number of carbonyl (C=O) groups excluding carboxylic acids is 1. The fraction of sp³-hybridized carbons (Fsp3) is 0.0714. The average Bonchev–Trinajstić information content (AvgIpc) is 2.28. The lowest BCUT2D eigenvalue weighted by Gasteiger charge is -2.09. The van der Waals surface area contributed by atoms with Crippen LogP contribution >= 0.6 is 11.6 Å². The molecule has 0 fully saturated rings. The Hall–Kier alpha value is -1.87. The molecule has 4 heteroatoms. The number of hydrogen-bond donors (Lipinski definition) is 1. The van der Waals surface area contributed by atoms with Crippen molar-refractivity contribution in [3.05, 3.63) is 58.9 Å². The number of nitrogens with two attached hydrogens (primary N) is 1. The fourth-order valence-corrected chi connectivity index (χ4v) is 2.02. The quantitative estimate of drug-likeness (QED) is 0.908. The molecule has 2 N–H and O–H groups in total. The molecule has 18 heavy (non-hydrogen) atoms. The number of primary amides is 1. The smallest absolute Gasteiger partial charge is 0.221 e. The Kier molecular flexibility index (Phi) is 3.63. The van der Waals surface area contributed by atoms with E-state index in [0.717, 1.165) is 11.1 Å². The monoisotopic (exact) mass is 263 g/mol. The molecule has 0 aliphatic rings. The molecule has 0 unspecified atom stereocenters. The second-order valence-electron chi connectivity index (χ2n) is 3.95. The van der Waals surface area contributed by atoms with Gasteiger partial charge in [0.25, 0.3) is 0 Å². The maximum atomic E-state index is 13.2. The largest absolute Gasteiger partial charge is 0.369 e. The normalized spacial score (nSPS) is 10.3. The van der Waals surface area contributed by atoms with Gasteiger partial charge in [-0.2, -0.15) is 0 Å². The second-order valence-corrected chi connectivity index (χ2v) is 4.39.